The summed E-state index contributed by atoms with van der Waals surface area (Å²) >= 11 is 0. The molecule has 1 aliphatic carbocycles. The van der Waals surface area contributed by atoms with Crippen molar-refractivity contribution in [3.05, 3.63) is 65.7 Å². The molecule has 3 aliphatic rings. The molecule has 5 heteroatoms. The summed E-state index contributed by atoms with van der Waals surface area (Å²) in [6, 6.07) is 18.7. The Hall–Kier alpha value is -2.82. The Kier molecular flexibility index (Phi) is 4.97. The summed E-state index contributed by atoms with van der Waals surface area (Å²) in [4.78, 5) is 30.3. The van der Waals surface area contributed by atoms with E-state index >= 15 is 0 Å². The van der Waals surface area contributed by atoms with Gasteiger partial charge in [0.2, 0.25) is 5.91 Å². The highest BCUT2D eigenvalue weighted by Crippen LogP contribution is 2.47. The molecular formula is C25H29N3O2. The number of likely N-dealkylation sites (tertiary alicyclic amines) is 1. The zero-order chi connectivity index (χ0) is 20.6. The van der Waals surface area contributed by atoms with Gasteiger partial charge in [-0.05, 0) is 42.9 Å². The molecule has 1 saturated carbocycles. The molecule has 30 heavy (non-hydrogen) atoms. The highest BCUT2D eigenvalue weighted by atomic mass is 16.2. The van der Waals surface area contributed by atoms with Crippen LogP contribution in [0.2, 0.25) is 0 Å². The molecule has 2 aromatic carbocycles. The van der Waals surface area contributed by atoms with E-state index in [0.717, 1.165) is 30.5 Å². The summed E-state index contributed by atoms with van der Waals surface area (Å²) in [6.07, 6.45) is 6.04. The highest BCUT2D eigenvalue weighted by molar-refractivity contribution is 6.09. The van der Waals surface area contributed by atoms with Crippen LogP contribution in [0, 0.1) is 0 Å². The predicted octanol–water partition coefficient (Wildman–Crippen LogP) is 3.87. The molecule has 0 bridgehead atoms. The lowest BCUT2D eigenvalue weighted by molar-refractivity contribution is -0.122. The summed E-state index contributed by atoms with van der Waals surface area (Å²) in [7, 11) is 0. The quantitative estimate of drug-likeness (QED) is 0.843. The molecule has 5 nitrogen and oxygen atoms in total. The summed E-state index contributed by atoms with van der Waals surface area (Å²) in [5.74, 6) is 0.149. The Labute approximate surface area is 178 Å². The third-order valence-electron chi connectivity index (χ3n) is 7.07. The lowest BCUT2D eigenvalue weighted by atomic mass is 9.81. The van der Waals surface area contributed by atoms with Gasteiger partial charge in [0.1, 0.15) is 0 Å². The zero-order valence-corrected chi connectivity index (χ0v) is 17.3. The van der Waals surface area contributed by atoms with Crippen molar-refractivity contribution in [2.45, 2.75) is 50.0 Å². The number of carbonyl (C=O) groups excluding carboxylic acids is 2. The van der Waals surface area contributed by atoms with Crippen molar-refractivity contribution in [1.29, 1.82) is 0 Å². The minimum Gasteiger partial charge on any atom is -0.335 e. The molecule has 1 saturated heterocycles. The topological polar surface area (TPSA) is 52.7 Å². The van der Waals surface area contributed by atoms with Crippen LogP contribution in [0.25, 0.3) is 0 Å². The van der Waals surface area contributed by atoms with Gasteiger partial charge in [-0.3, -0.25) is 4.79 Å². The van der Waals surface area contributed by atoms with Gasteiger partial charge in [-0.2, -0.15) is 0 Å². The van der Waals surface area contributed by atoms with E-state index in [1.54, 1.807) is 0 Å². The largest absolute Gasteiger partial charge is 0.335 e. The maximum Gasteiger partial charge on any atom is 0.317 e. The van der Waals surface area contributed by atoms with Crippen LogP contribution in [-0.4, -0.2) is 42.5 Å². The molecule has 1 spiro atoms. The molecule has 3 amide bonds. The zero-order valence-electron chi connectivity index (χ0n) is 17.3. The average molecular weight is 404 g/mol. The number of urea groups is 1. The van der Waals surface area contributed by atoms with Gasteiger partial charge in [0.25, 0.3) is 0 Å². The molecule has 1 unspecified atom stereocenters. The first kappa shape index (κ1) is 19.2. The van der Waals surface area contributed by atoms with E-state index in [4.69, 9.17) is 0 Å². The second kappa shape index (κ2) is 7.78. The second-order valence-corrected chi connectivity index (χ2v) is 8.89. The number of fused-ring (bicyclic) bond motifs is 2. The van der Waals surface area contributed by atoms with E-state index in [1.807, 2.05) is 46.2 Å². The molecule has 0 aromatic heterocycles. The number of hydrogen-bond acceptors (Lipinski definition) is 2. The second-order valence-electron chi connectivity index (χ2n) is 8.89. The van der Waals surface area contributed by atoms with E-state index in [1.165, 1.54) is 18.4 Å². The molecule has 2 fully saturated rings. The number of amides is 3. The van der Waals surface area contributed by atoms with Gasteiger partial charge < -0.3 is 15.1 Å². The van der Waals surface area contributed by atoms with Crippen LogP contribution < -0.4 is 10.2 Å². The SMILES string of the molecule is O=C(NC1CCCC1)N1CCC2(C1)C(=O)N(CCc1ccccc1)c1ccccc12. The first-order chi connectivity index (χ1) is 14.7. The van der Waals surface area contributed by atoms with E-state index in [0.29, 0.717) is 32.1 Å². The predicted molar refractivity (Wildman–Crippen MR) is 118 cm³/mol. The van der Waals surface area contributed by atoms with E-state index in [2.05, 4.69) is 23.5 Å². The monoisotopic (exact) mass is 403 g/mol. The van der Waals surface area contributed by atoms with Crippen molar-refractivity contribution in [2.24, 2.45) is 0 Å². The Morgan fingerprint density at radius 3 is 2.57 bits per heavy atom. The molecule has 2 aromatic rings. The molecule has 2 aliphatic heterocycles. The van der Waals surface area contributed by atoms with Gasteiger partial charge in [-0.25, -0.2) is 4.79 Å². The summed E-state index contributed by atoms with van der Waals surface area (Å²) in [6.45, 7) is 1.77. The number of hydrogen-bond donors (Lipinski definition) is 1. The fourth-order valence-corrected chi connectivity index (χ4v) is 5.42. The smallest absolute Gasteiger partial charge is 0.317 e. The minimum absolute atomic E-state index is 0.00760. The van der Waals surface area contributed by atoms with Gasteiger partial charge in [-0.1, -0.05) is 61.4 Å². The minimum atomic E-state index is -0.597. The van der Waals surface area contributed by atoms with Crippen molar-refractivity contribution in [3.63, 3.8) is 0 Å². The third kappa shape index (κ3) is 3.26. The molecule has 1 N–H and O–H groups in total. The molecule has 0 radical (unpaired) electrons. The van der Waals surface area contributed by atoms with Crippen molar-refractivity contribution in [2.75, 3.05) is 24.5 Å². The first-order valence-corrected chi connectivity index (χ1v) is 11.2. The number of para-hydroxylation sites is 1. The molecule has 1 atom stereocenters. The maximum atomic E-state index is 13.7. The molecule has 156 valence electrons. The lowest BCUT2D eigenvalue weighted by Gasteiger charge is -2.25. The lowest BCUT2D eigenvalue weighted by Crippen LogP contribution is -2.47. The molecule has 5 rings (SSSR count). The average Bonchev–Trinajstić information content (AvgIpc) is 3.49. The van der Waals surface area contributed by atoms with E-state index < -0.39 is 5.41 Å². The Bertz CT molecular complexity index is 938. The van der Waals surface area contributed by atoms with Crippen LogP contribution in [0.5, 0.6) is 0 Å². The van der Waals surface area contributed by atoms with Crippen LogP contribution >= 0.6 is 0 Å². The molecular weight excluding hydrogens is 374 g/mol. The van der Waals surface area contributed by atoms with Gasteiger partial charge in [0.05, 0.1) is 5.41 Å². The van der Waals surface area contributed by atoms with Crippen LogP contribution in [0.15, 0.2) is 54.6 Å². The number of nitrogens with zero attached hydrogens (tertiary/aromatic N) is 2. The summed E-state index contributed by atoms with van der Waals surface area (Å²) in [5.41, 5.74) is 2.73. The fourth-order valence-electron chi connectivity index (χ4n) is 5.42. The van der Waals surface area contributed by atoms with Crippen LogP contribution in [0.3, 0.4) is 0 Å². The number of carbonyl (C=O) groups is 2. The van der Waals surface area contributed by atoms with Gasteiger partial charge >= 0.3 is 6.03 Å². The Morgan fingerprint density at radius 1 is 1.03 bits per heavy atom. The number of anilines is 1. The fraction of sp³-hybridized carbons (Fsp3) is 0.440. The third-order valence-corrected chi connectivity index (χ3v) is 7.07. The van der Waals surface area contributed by atoms with Crippen molar-refractivity contribution in [1.82, 2.24) is 10.2 Å². The maximum absolute atomic E-state index is 13.7. The van der Waals surface area contributed by atoms with Gasteiger partial charge in [-0.15, -0.1) is 0 Å². The van der Waals surface area contributed by atoms with Crippen LogP contribution in [0.1, 0.15) is 43.2 Å². The number of nitrogens with one attached hydrogen (secondary N) is 1. The van der Waals surface area contributed by atoms with Crippen molar-refractivity contribution in [3.8, 4) is 0 Å². The first-order valence-electron chi connectivity index (χ1n) is 11.2. The van der Waals surface area contributed by atoms with Crippen molar-refractivity contribution >= 4 is 17.6 Å². The highest BCUT2D eigenvalue weighted by Gasteiger charge is 2.55. The van der Waals surface area contributed by atoms with Crippen molar-refractivity contribution < 1.29 is 9.59 Å². The van der Waals surface area contributed by atoms with Crippen LogP contribution in [-0.2, 0) is 16.6 Å². The summed E-state index contributed by atoms with van der Waals surface area (Å²) in [5, 5.41) is 3.19. The van der Waals surface area contributed by atoms with E-state index in [-0.39, 0.29) is 11.9 Å². The van der Waals surface area contributed by atoms with E-state index in [9.17, 15) is 9.59 Å². The Balaban J connectivity index is 1.35. The molecule has 2 heterocycles. The standard InChI is InChI=1S/C25H29N3O2/c29-23-25(15-17-27(18-25)24(30)26-20-10-4-5-11-20)21-12-6-7-13-22(21)28(23)16-14-19-8-2-1-3-9-19/h1-3,6-9,12-13,20H,4-5,10-11,14-18H2,(H,26,30). The van der Waals surface area contributed by atoms with Gasteiger partial charge in [0, 0.05) is 31.4 Å². The normalized spacial score (nSPS) is 23.4. The van der Waals surface area contributed by atoms with Crippen LogP contribution in [0.4, 0.5) is 10.5 Å². The van der Waals surface area contributed by atoms with Gasteiger partial charge in [0.15, 0.2) is 0 Å². The number of rotatable bonds is 4. The Morgan fingerprint density at radius 2 is 1.77 bits per heavy atom. The summed E-state index contributed by atoms with van der Waals surface area (Å²) < 4.78 is 0. The number of benzene rings is 2.